The minimum Gasteiger partial charge on any atom is -0.383 e. The molecule has 5 nitrogen and oxygen atoms in total. The third kappa shape index (κ3) is 4.84. The molecule has 7 heteroatoms. The lowest BCUT2D eigenvalue weighted by atomic mass is 9.95. The van der Waals surface area contributed by atoms with Crippen molar-refractivity contribution in [1.29, 1.82) is 0 Å². The van der Waals surface area contributed by atoms with Gasteiger partial charge < -0.3 is 15.7 Å². The van der Waals surface area contributed by atoms with Crippen molar-refractivity contribution in [2.45, 2.75) is 19.4 Å². The summed E-state index contributed by atoms with van der Waals surface area (Å²) in [7, 11) is 0. The Bertz CT molecular complexity index is 807. The van der Waals surface area contributed by atoms with Gasteiger partial charge in [-0.2, -0.15) is 0 Å². The number of carbonyl (C=O) groups excluding carboxylic acids is 2. The lowest BCUT2D eigenvalue weighted by Crippen LogP contribution is -2.43. The number of hydrogen-bond donors (Lipinski definition) is 3. The van der Waals surface area contributed by atoms with Crippen molar-refractivity contribution in [1.82, 2.24) is 5.32 Å². The Hall–Kier alpha value is -2.80. The quantitative estimate of drug-likeness (QED) is 0.742. The molecule has 1 atom stereocenters. The number of anilines is 1. The predicted octanol–water partition coefficient (Wildman–Crippen LogP) is 2.24. The van der Waals surface area contributed by atoms with Crippen molar-refractivity contribution < 1.29 is 23.5 Å². The van der Waals surface area contributed by atoms with E-state index in [9.17, 15) is 23.5 Å². The van der Waals surface area contributed by atoms with Crippen LogP contribution < -0.4 is 10.6 Å². The van der Waals surface area contributed by atoms with Gasteiger partial charge in [0.15, 0.2) is 0 Å². The zero-order valence-corrected chi connectivity index (χ0v) is 13.8. The zero-order valence-electron chi connectivity index (χ0n) is 13.8. The van der Waals surface area contributed by atoms with Crippen molar-refractivity contribution in [2.24, 2.45) is 0 Å². The molecule has 2 rings (SSSR count). The third-order valence-corrected chi connectivity index (χ3v) is 3.59. The van der Waals surface area contributed by atoms with E-state index in [1.54, 1.807) is 18.2 Å². The van der Waals surface area contributed by atoms with Crippen LogP contribution in [0.4, 0.5) is 14.5 Å². The van der Waals surface area contributed by atoms with Gasteiger partial charge in [-0.15, -0.1) is 0 Å². The Morgan fingerprint density at radius 2 is 1.84 bits per heavy atom. The Balaban J connectivity index is 1.99. The van der Waals surface area contributed by atoms with Gasteiger partial charge in [-0.25, -0.2) is 8.78 Å². The third-order valence-electron chi connectivity index (χ3n) is 3.59. The molecule has 3 N–H and O–H groups in total. The van der Waals surface area contributed by atoms with E-state index < -0.39 is 35.6 Å². The fourth-order valence-electron chi connectivity index (χ4n) is 2.26. The standard InChI is InChI=1S/C18H18F2N2O3/c1-11-4-3-5-13(8-11)22-17(24)16(23)21-10-18(2,25)14-7-6-12(19)9-15(14)20/h3-9,25H,10H2,1-2H3,(H,21,23)(H,22,24). The first-order chi connectivity index (χ1) is 11.7. The second-order valence-corrected chi connectivity index (χ2v) is 5.90. The minimum absolute atomic E-state index is 0.187. The van der Waals surface area contributed by atoms with E-state index in [-0.39, 0.29) is 5.56 Å². The SMILES string of the molecule is Cc1cccc(NC(=O)C(=O)NCC(C)(O)c2ccc(F)cc2F)c1. The number of halogens is 2. The molecule has 0 aromatic heterocycles. The van der Waals surface area contributed by atoms with Crippen LogP contribution in [0.15, 0.2) is 42.5 Å². The average molecular weight is 348 g/mol. The maximum Gasteiger partial charge on any atom is 0.313 e. The maximum absolute atomic E-state index is 13.8. The van der Waals surface area contributed by atoms with Gasteiger partial charge in [-0.3, -0.25) is 9.59 Å². The summed E-state index contributed by atoms with van der Waals surface area (Å²) in [6, 6.07) is 9.60. The highest BCUT2D eigenvalue weighted by Crippen LogP contribution is 2.23. The number of aryl methyl sites for hydroxylation is 1. The first-order valence-corrected chi connectivity index (χ1v) is 7.53. The van der Waals surface area contributed by atoms with Crippen LogP contribution in [-0.2, 0) is 15.2 Å². The molecule has 0 saturated heterocycles. The smallest absolute Gasteiger partial charge is 0.313 e. The first kappa shape index (κ1) is 18.5. The fourth-order valence-corrected chi connectivity index (χ4v) is 2.26. The molecule has 0 bridgehead atoms. The Morgan fingerprint density at radius 3 is 2.48 bits per heavy atom. The summed E-state index contributed by atoms with van der Waals surface area (Å²) in [5.74, 6) is -3.62. The largest absolute Gasteiger partial charge is 0.383 e. The van der Waals surface area contributed by atoms with E-state index in [1.165, 1.54) is 6.92 Å². The maximum atomic E-state index is 13.8. The molecule has 0 radical (unpaired) electrons. The summed E-state index contributed by atoms with van der Waals surface area (Å²) in [5.41, 5.74) is -0.630. The van der Waals surface area contributed by atoms with E-state index in [2.05, 4.69) is 10.6 Å². The summed E-state index contributed by atoms with van der Waals surface area (Å²) in [4.78, 5) is 23.7. The summed E-state index contributed by atoms with van der Waals surface area (Å²) in [6.45, 7) is 2.67. The summed E-state index contributed by atoms with van der Waals surface area (Å²) < 4.78 is 26.7. The van der Waals surface area contributed by atoms with Crippen LogP contribution >= 0.6 is 0 Å². The van der Waals surface area contributed by atoms with Crippen molar-refractivity contribution >= 4 is 17.5 Å². The van der Waals surface area contributed by atoms with Crippen LogP contribution in [0.3, 0.4) is 0 Å². The number of aliphatic hydroxyl groups is 1. The number of rotatable bonds is 4. The summed E-state index contributed by atoms with van der Waals surface area (Å²) in [6.07, 6.45) is 0. The molecule has 0 spiro atoms. The van der Waals surface area contributed by atoms with E-state index in [4.69, 9.17) is 0 Å². The molecular weight excluding hydrogens is 330 g/mol. The first-order valence-electron chi connectivity index (χ1n) is 7.53. The number of amides is 2. The Kier molecular flexibility index (Phi) is 5.48. The van der Waals surface area contributed by atoms with Crippen LogP contribution in [0.5, 0.6) is 0 Å². The van der Waals surface area contributed by atoms with Gasteiger partial charge in [-0.05, 0) is 37.6 Å². The van der Waals surface area contributed by atoms with Crippen molar-refractivity contribution in [3.63, 3.8) is 0 Å². The molecule has 0 aliphatic rings. The predicted molar refractivity (Wildman–Crippen MR) is 88.7 cm³/mol. The van der Waals surface area contributed by atoms with E-state index in [0.29, 0.717) is 11.8 Å². The lowest BCUT2D eigenvalue weighted by Gasteiger charge is -2.24. The average Bonchev–Trinajstić information content (AvgIpc) is 2.52. The number of benzene rings is 2. The van der Waals surface area contributed by atoms with Crippen molar-refractivity contribution in [3.05, 3.63) is 65.2 Å². The van der Waals surface area contributed by atoms with E-state index in [0.717, 1.165) is 17.7 Å². The number of hydrogen-bond acceptors (Lipinski definition) is 3. The van der Waals surface area contributed by atoms with Gasteiger partial charge in [0, 0.05) is 17.3 Å². The highest BCUT2D eigenvalue weighted by atomic mass is 19.1. The molecule has 0 fully saturated rings. The van der Waals surface area contributed by atoms with Gasteiger partial charge in [0.05, 0.1) is 6.54 Å². The van der Waals surface area contributed by atoms with Crippen LogP contribution in [-0.4, -0.2) is 23.5 Å². The zero-order chi connectivity index (χ0) is 18.6. The number of carbonyl (C=O) groups is 2. The second-order valence-electron chi connectivity index (χ2n) is 5.90. The molecule has 132 valence electrons. The molecule has 2 aromatic carbocycles. The lowest BCUT2D eigenvalue weighted by molar-refractivity contribution is -0.136. The summed E-state index contributed by atoms with van der Waals surface area (Å²) >= 11 is 0. The van der Waals surface area contributed by atoms with Crippen LogP contribution in [0.1, 0.15) is 18.1 Å². The van der Waals surface area contributed by atoms with Gasteiger partial charge >= 0.3 is 11.8 Å². The minimum atomic E-state index is -1.81. The second kappa shape index (κ2) is 7.40. The van der Waals surface area contributed by atoms with E-state index >= 15 is 0 Å². The van der Waals surface area contributed by atoms with Gasteiger partial charge in [0.25, 0.3) is 0 Å². The molecule has 0 heterocycles. The molecule has 1 unspecified atom stereocenters. The topological polar surface area (TPSA) is 78.4 Å². The molecule has 2 amide bonds. The van der Waals surface area contributed by atoms with Crippen LogP contribution in [0.2, 0.25) is 0 Å². The highest BCUT2D eigenvalue weighted by Gasteiger charge is 2.28. The molecule has 0 aliphatic heterocycles. The molecule has 2 aromatic rings. The Morgan fingerprint density at radius 1 is 1.12 bits per heavy atom. The van der Waals surface area contributed by atoms with Gasteiger partial charge in [0.1, 0.15) is 17.2 Å². The molecular formula is C18H18F2N2O3. The molecule has 0 saturated carbocycles. The Labute approximate surface area is 143 Å². The molecule has 25 heavy (non-hydrogen) atoms. The van der Waals surface area contributed by atoms with Crippen molar-refractivity contribution in [2.75, 3.05) is 11.9 Å². The van der Waals surface area contributed by atoms with Gasteiger partial charge in [-0.1, -0.05) is 18.2 Å². The fraction of sp³-hybridized carbons (Fsp3) is 0.222. The van der Waals surface area contributed by atoms with Crippen LogP contribution in [0.25, 0.3) is 0 Å². The van der Waals surface area contributed by atoms with Crippen molar-refractivity contribution in [3.8, 4) is 0 Å². The molecule has 0 aliphatic carbocycles. The normalized spacial score (nSPS) is 13.0. The highest BCUT2D eigenvalue weighted by molar-refractivity contribution is 6.39. The van der Waals surface area contributed by atoms with E-state index in [1.807, 2.05) is 13.0 Å². The van der Waals surface area contributed by atoms with Crippen LogP contribution in [0, 0.1) is 18.6 Å². The monoisotopic (exact) mass is 348 g/mol. The number of nitrogens with one attached hydrogen (secondary N) is 2. The summed E-state index contributed by atoms with van der Waals surface area (Å²) in [5, 5.41) is 15.0. The van der Waals surface area contributed by atoms with Gasteiger partial charge in [0.2, 0.25) is 0 Å².